The number of hydrogen-bond donors (Lipinski definition) is 4. The van der Waals surface area contributed by atoms with E-state index in [2.05, 4.69) is 36.3 Å². The first-order valence-electron chi connectivity index (χ1n) is 6.84. The van der Waals surface area contributed by atoms with Gasteiger partial charge in [0.05, 0.1) is 24.6 Å². The highest BCUT2D eigenvalue weighted by Gasteiger charge is 2.08. The van der Waals surface area contributed by atoms with Gasteiger partial charge in [0.1, 0.15) is 11.3 Å². The number of fused-ring (bicyclic) bond motifs is 1. The van der Waals surface area contributed by atoms with E-state index in [1.165, 1.54) is 0 Å². The van der Waals surface area contributed by atoms with Crippen LogP contribution in [0.1, 0.15) is 0 Å². The number of aromatic nitrogens is 5. The molecule has 0 spiro atoms. The first-order chi connectivity index (χ1) is 10.9. The minimum absolute atomic E-state index is 0.667. The molecular formula is C14H14N8. The van der Waals surface area contributed by atoms with Crippen molar-refractivity contribution in [2.24, 2.45) is 0 Å². The molecule has 0 aromatic carbocycles. The van der Waals surface area contributed by atoms with Crippen molar-refractivity contribution in [3.63, 3.8) is 0 Å². The molecule has 0 unspecified atom stereocenters. The molecule has 4 heterocycles. The third kappa shape index (κ3) is 2.37. The van der Waals surface area contributed by atoms with Crippen LogP contribution in [0.25, 0.3) is 11.2 Å². The monoisotopic (exact) mass is 294 g/mol. The lowest BCUT2D eigenvalue weighted by Gasteiger charge is -2.14. The fourth-order valence-electron chi connectivity index (χ4n) is 2.26. The van der Waals surface area contributed by atoms with Crippen molar-refractivity contribution in [2.75, 3.05) is 5.32 Å². The maximum absolute atomic E-state index is 4.62. The van der Waals surface area contributed by atoms with Crippen LogP contribution >= 0.6 is 0 Å². The van der Waals surface area contributed by atoms with Gasteiger partial charge in [-0.25, -0.2) is 9.97 Å². The lowest BCUT2D eigenvalue weighted by atomic mass is 10.3. The standard InChI is InChI=1S/C14H14N8/c1-2-10(20-16-5-1)9-22-7-4-11-14(22)19-13(8-15-11)18-12-3-6-17-21-12/h1-8,16,20H,9H2,(H2,17,18,19,21). The Bertz CT molecular complexity index is 843. The second-order valence-electron chi connectivity index (χ2n) is 4.82. The van der Waals surface area contributed by atoms with E-state index < -0.39 is 0 Å². The predicted molar refractivity (Wildman–Crippen MR) is 82.9 cm³/mol. The van der Waals surface area contributed by atoms with Crippen molar-refractivity contribution in [3.05, 3.63) is 54.8 Å². The number of anilines is 2. The largest absolute Gasteiger partial charge is 0.325 e. The SMILES string of the molecule is C1=CNNC(Cn2ccc3ncc(Nc4ccn[nH]4)nc32)=C1. The van der Waals surface area contributed by atoms with Gasteiger partial charge in [-0.1, -0.05) is 0 Å². The second-order valence-corrected chi connectivity index (χ2v) is 4.82. The van der Waals surface area contributed by atoms with Gasteiger partial charge in [0.2, 0.25) is 0 Å². The topological polar surface area (TPSA) is 95.5 Å². The maximum Gasteiger partial charge on any atom is 0.161 e. The summed E-state index contributed by atoms with van der Waals surface area (Å²) in [5.74, 6) is 1.44. The van der Waals surface area contributed by atoms with Gasteiger partial charge in [0.25, 0.3) is 0 Å². The molecule has 0 atom stereocenters. The Morgan fingerprint density at radius 1 is 1.27 bits per heavy atom. The zero-order valence-corrected chi connectivity index (χ0v) is 11.6. The molecule has 0 amide bonds. The molecule has 8 nitrogen and oxygen atoms in total. The Labute approximate surface area is 125 Å². The van der Waals surface area contributed by atoms with Crippen LogP contribution in [0.15, 0.2) is 54.8 Å². The molecule has 3 aromatic rings. The van der Waals surface area contributed by atoms with Crippen molar-refractivity contribution < 1.29 is 0 Å². The highest BCUT2D eigenvalue weighted by atomic mass is 15.4. The number of allylic oxidation sites excluding steroid dienone is 3. The Kier molecular flexibility index (Phi) is 2.97. The molecule has 8 heteroatoms. The summed E-state index contributed by atoms with van der Waals surface area (Å²) in [5.41, 5.74) is 8.79. The molecule has 1 aliphatic rings. The van der Waals surface area contributed by atoms with E-state index in [4.69, 9.17) is 0 Å². The molecule has 0 aliphatic carbocycles. The number of nitrogens with zero attached hydrogens (tertiary/aromatic N) is 4. The Morgan fingerprint density at radius 3 is 3.09 bits per heavy atom. The molecule has 3 aromatic heterocycles. The molecule has 110 valence electrons. The van der Waals surface area contributed by atoms with Crippen LogP contribution < -0.4 is 16.2 Å². The summed E-state index contributed by atoms with van der Waals surface area (Å²) >= 11 is 0. The molecule has 22 heavy (non-hydrogen) atoms. The van der Waals surface area contributed by atoms with Crippen LogP contribution in [0.3, 0.4) is 0 Å². The van der Waals surface area contributed by atoms with E-state index in [1.54, 1.807) is 12.4 Å². The minimum atomic E-state index is 0.667. The third-order valence-corrected chi connectivity index (χ3v) is 3.28. The molecule has 1 aliphatic heterocycles. The van der Waals surface area contributed by atoms with Crippen LogP contribution in [0, 0.1) is 0 Å². The summed E-state index contributed by atoms with van der Waals surface area (Å²) < 4.78 is 2.04. The van der Waals surface area contributed by atoms with E-state index >= 15 is 0 Å². The zero-order valence-electron chi connectivity index (χ0n) is 11.6. The molecule has 0 saturated carbocycles. The van der Waals surface area contributed by atoms with Crippen LogP contribution in [0.5, 0.6) is 0 Å². The van der Waals surface area contributed by atoms with E-state index in [0.717, 1.165) is 22.7 Å². The van der Waals surface area contributed by atoms with Gasteiger partial charge in [-0.05, 0) is 18.2 Å². The summed E-state index contributed by atoms with van der Waals surface area (Å²) in [6.07, 6.45) is 11.2. The number of hydrazine groups is 1. The van der Waals surface area contributed by atoms with E-state index in [9.17, 15) is 0 Å². The molecule has 0 radical (unpaired) electrons. The maximum atomic E-state index is 4.62. The molecule has 0 bridgehead atoms. The van der Waals surface area contributed by atoms with Gasteiger partial charge in [-0.2, -0.15) is 5.10 Å². The summed E-state index contributed by atoms with van der Waals surface area (Å²) in [4.78, 5) is 9.05. The van der Waals surface area contributed by atoms with E-state index in [1.807, 2.05) is 41.2 Å². The molecule has 0 fully saturated rings. The van der Waals surface area contributed by atoms with Crippen LogP contribution in [0.4, 0.5) is 11.6 Å². The van der Waals surface area contributed by atoms with Gasteiger partial charge in [-0.3, -0.25) is 5.10 Å². The lowest BCUT2D eigenvalue weighted by molar-refractivity contribution is 0.644. The zero-order chi connectivity index (χ0) is 14.8. The number of aromatic amines is 1. The summed E-state index contributed by atoms with van der Waals surface area (Å²) in [6.45, 7) is 0.684. The Morgan fingerprint density at radius 2 is 2.27 bits per heavy atom. The van der Waals surface area contributed by atoms with Crippen molar-refractivity contribution in [2.45, 2.75) is 6.54 Å². The number of rotatable bonds is 4. The van der Waals surface area contributed by atoms with Crippen LogP contribution in [-0.4, -0.2) is 24.7 Å². The van der Waals surface area contributed by atoms with Gasteiger partial charge >= 0.3 is 0 Å². The number of nitrogens with one attached hydrogen (secondary N) is 4. The van der Waals surface area contributed by atoms with Crippen LogP contribution in [0.2, 0.25) is 0 Å². The smallest absolute Gasteiger partial charge is 0.161 e. The average Bonchev–Trinajstić information content (AvgIpc) is 3.19. The summed E-state index contributed by atoms with van der Waals surface area (Å²) in [7, 11) is 0. The van der Waals surface area contributed by atoms with Crippen molar-refractivity contribution in [1.29, 1.82) is 0 Å². The number of H-pyrrole nitrogens is 1. The highest BCUT2D eigenvalue weighted by Crippen LogP contribution is 2.17. The quantitative estimate of drug-likeness (QED) is 0.581. The normalized spacial score (nSPS) is 13.5. The molecule has 0 saturated heterocycles. The number of hydrogen-bond acceptors (Lipinski definition) is 6. The molecular weight excluding hydrogens is 280 g/mol. The fraction of sp³-hybridized carbons (Fsp3) is 0.0714. The lowest BCUT2D eigenvalue weighted by Crippen LogP contribution is -2.30. The van der Waals surface area contributed by atoms with Gasteiger partial charge in [0.15, 0.2) is 11.5 Å². The molecule has 4 N–H and O–H groups in total. The van der Waals surface area contributed by atoms with Crippen molar-refractivity contribution in [1.82, 2.24) is 35.6 Å². The first-order valence-corrected chi connectivity index (χ1v) is 6.84. The first kappa shape index (κ1) is 12.5. The highest BCUT2D eigenvalue weighted by molar-refractivity contribution is 5.73. The Hall–Kier alpha value is -3.29. The second kappa shape index (κ2) is 5.24. The predicted octanol–water partition coefficient (Wildman–Crippen LogP) is 1.40. The minimum Gasteiger partial charge on any atom is -0.325 e. The van der Waals surface area contributed by atoms with E-state index in [0.29, 0.717) is 12.4 Å². The van der Waals surface area contributed by atoms with Gasteiger partial charge < -0.3 is 20.7 Å². The molecule has 4 rings (SSSR count). The van der Waals surface area contributed by atoms with Crippen molar-refractivity contribution in [3.8, 4) is 0 Å². The van der Waals surface area contributed by atoms with Gasteiger partial charge in [0, 0.05) is 18.5 Å². The average molecular weight is 294 g/mol. The third-order valence-electron chi connectivity index (χ3n) is 3.28. The Balaban J connectivity index is 1.64. The summed E-state index contributed by atoms with van der Waals surface area (Å²) in [5, 5.41) is 9.87. The summed E-state index contributed by atoms with van der Waals surface area (Å²) in [6, 6.07) is 3.79. The van der Waals surface area contributed by atoms with Gasteiger partial charge in [-0.15, -0.1) is 0 Å². The van der Waals surface area contributed by atoms with Crippen molar-refractivity contribution >= 4 is 22.8 Å². The fourth-order valence-corrected chi connectivity index (χ4v) is 2.26. The van der Waals surface area contributed by atoms with Crippen LogP contribution in [-0.2, 0) is 6.54 Å². The van der Waals surface area contributed by atoms with E-state index in [-0.39, 0.29) is 0 Å².